The molecule has 3 rings (SSSR count). The van der Waals surface area contributed by atoms with Gasteiger partial charge < -0.3 is 25.2 Å². The van der Waals surface area contributed by atoms with Crippen LogP contribution in [-0.4, -0.2) is 55.5 Å². The second-order valence-electron chi connectivity index (χ2n) is 9.19. The van der Waals surface area contributed by atoms with Crippen LogP contribution in [0.1, 0.15) is 50.2 Å². The number of fused-ring (bicyclic) bond motifs is 3. The van der Waals surface area contributed by atoms with E-state index in [4.69, 9.17) is 9.47 Å². The van der Waals surface area contributed by atoms with E-state index in [-0.39, 0.29) is 31.3 Å². The van der Waals surface area contributed by atoms with Gasteiger partial charge in [-0.1, -0.05) is 62.4 Å². The minimum atomic E-state index is -1.11. The lowest BCUT2D eigenvalue weighted by Gasteiger charge is -2.22. The maximum absolute atomic E-state index is 12.9. The molecule has 35 heavy (non-hydrogen) atoms. The molecule has 2 amide bonds. The normalized spacial score (nSPS) is 14.1. The molecule has 8 heteroatoms. The summed E-state index contributed by atoms with van der Waals surface area (Å²) in [6, 6.07) is 14.1. The van der Waals surface area contributed by atoms with E-state index in [2.05, 4.69) is 22.8 Å². The Balaban J connectivity index is 1.65. The largest absolute Gasteiger partial charge is 0.480 e. The van der Waals surface area contributed by atoms with Gasteiger partial charge in [0, 0.05) is 19.6 Å². The average Bonchev–Trinajstić information content (AvgIpc) is 3.15. The van der Waals surface area contributed by atoms with Gasteiger partial charge in [0.1, 0.15) is 18.7 Å². The van der Waals surface area contributed by atoms with E-state index < -0.39 is 30.1 Å². The highest BCUT2D eigenvalue weighted by Gasteiger charge is 2.30. The first-order chi connectivity index (χ1) is 16.8. The van der Waals surface area contributed by atoms with Crippen LogP contribution in [0.5, 0.6) is 0 Å². The molecule has 3 N–H and O–H groups in total. The fourth-order valence-corrected chi connectivity index (χ4v) is 4.45. The van der Waals surface area contributed by atoms with Crippen LogP contribution in [0, 0.1) is 5.92 Å². The van der Waals surface area contributed by atoms with Gasteiger partial charge in [-0.05, 0) is 47.4 Å². The number of carbonyl (C=O) groups excluding carboxylic acids is 2. The Morgan fingerprint density at radius 3 is 2.09 bits per heavy atom. The van der Waals surface area contributed by atoms with Gasteiger partial charge in [0.15, 0.2) is 0 Å². The van der Waals surface area contributed by atoms with Crippen LogP contribution >= 0.6 is 0 Å². The van der Waals surface area contributed by atoms with Crippen LogP contribution in [0.3, 0.4) is 0 Å². The van der Waals surface area contributed by atoms with Gasteiger partial charge in [-0.15, -0.1) is 0 Å². The van der Waals surface area contributed by atoms with E-state index in [0.29, 0.717) is 13.0 Å². The van der Waals surface area contributed by atoms with E-state index in [1.165, 1.54) is 0 Å². The first-order valence-corrected chi connectivity index (χ1v) is 12.0. The summed E-state index contributed by atoms with van der Waals surface area (Å²) in [7, 11) is 1.55. The molecule has 0 heterocycles. The summed E-state index contributed by atoms with van der Waals surface area (Å²) in [5.74, 6) is -1.68. The Hall–Kier alpha value is -3.39. The van der Waals surface area contributed by atoms with Gasteiger partial charge in [-0.3, -0.25) is 4.79 Å². The topological polar surface area (TPSA) is 114 Å². The number of aliphatic carboxylic acids is 1. The number of amides is 2. The molecule has 0 fully saturated rings. The van der Waals surface area contributed by atoms with E-state index in [0.717, 1.165) is 22.3 Å². The van der Waals surface area contributed by atoms with Crippen molar-refractivity contribution in [2.75, 3.05) is 20.3 Å². The number of ether oxygens (including phenoxy) is 2. The molecule has 8 nitrogen and oxygen atoms in total. The summed E-state index contributed by atoms with van der Waals surface area (Å²) >= 11 is 0. The SMILES string of the molecule is COCCCC(NC(=O)OCC1c2ccccc2-c2ccccc21)C(=O)N[C@@H](CC(C)C)C(=O)O. The lowest BCUT2D eigenvalue weighted by Crippen LogP contribution is -2.52. The summed E-state index contributed by atoms with van der Waals surface area (Å²) < 4.78 is 10.6. The number of carboxylic acid groups (broad SMARTS) is 1. The molecule has 0 bridgehead atoms. The predicted molar refractivity (Wildman–Crippen MR) is 132 cm³/mol. The molecule has 0 spiro atoms. The van der Waals surface area contributed by atoms with Crippen LogP contribution in [0.25, 0.3) is 11.1 Å². The Labute approximate surface area is 206 Å². The molecule has 1 aliphatic carbocycles. The third-order valence-electron chi connectivity index (χ3n) is 6.12. The molecule has 2 aromatic rings. The van der Waals surface area contributed by atoms with Crippen LogP contribution in [0.4, 0.5) is 4.79 Å². The van der Waals surface area contributed by atoms with Crippen molar-refractivity contribution in [1.82, 2.24) is 10.6 Å². The molecule has 0 saturated heterocycles. The van der Waals surface area contributed by atoms with Gasteiger partial charge in [-0.25, -0.2) is 9.59 Å². The van der Waals surface area contributed by atoms with Crippen LogP contribution in [-0.2, 0) is 19.1 Å². The molecular formula is C27H34N2O6. The standard InChI is InChI=1S/C27H34N2O6/c1-17(2)15-24(26(31)32)28-25(30)23(13-8-14-34-3)29-27(33)35-16-22-20-11-6-4-9-18(20)19-10-5-7-12-21(19)22/h4-7,9-12,17,22-24H,8,13-16H2,1-3H3,(H,28,30)(H,29,33)(H,31,32)/t23?,24-/m0/s1. The van der Waals surface area contributed by atoms with Crippen molar-refractivity contribution in [2.45, 2.75) is 51.1 Å². The minimum Gasteiger partial charge on any atom is -0.480 e. The van der Waals surface area contributed by atoms with Gasteiger partial charge in [0.05, 0.1) is 0 Å². The number of methoxy groups -OCH3 is 1. The van der Waals surface area contributed by atoms with Crippen LogP contribution < -0.4 is 10.6 Å². The Bertz CT molecular complexity index is 992. The first-order valence-electron chi connectivity index (χ1n) is 12.0. The predicted octanol–water partition coefficient (Wildman–Crippen LogP) is 3.94. The number of hydrogen-bond acceptors (Lipinski definition) is 5. The maximum Gasteiger partial charge on any atom is 0.407 e. The molecule has 0 saturated carbocycles. The smallest absolute Gasteiger partial charge is 0.407 e. The van der Waals surface area contributed by atoms with Crippen molar-refractivity contribution >= 4 is 18.0 Å². The number of alkyl carbamates (subject to hydrolysis) is 1. The number of carboxylic acids is 1. The van der Waals surface area contributed by atoms with Crippen molar-refractivity contribution in [2.24, 2.45) is 5.92 Å². The molecule has 0 radical (unpaired) electrons. The van der Waals surface area contributed by atoms with Gasteiger partial charge in [-0.2, -0.15) is 0 Å². The number of benzene rings is 2. The molecule has 1 unspecified atom stereocenters. The molecule has 0 aliphatic heterocycles. The Morgan fingerprint density at radius 1 is 0.943 bits per heavy atom. The minimum absolute atomic E-state index is 0.0819. The third-order valence-corrected chi connectivity index (χ3v) is 6.12. The lowest BCUT2D eigenvalue weighted by atomic mass is 9.98. The highest BCUT2D eigenvalue weighted by atomic mass is 16.5. The number of carbonyl (C=O) groups is 3. The van der Waals surface area contributed by atoms with Gasteiger partial charge in [0.25, 0.3) is 0 Å². The van der Waals surface area contributed by atoms with E-state index in [1.54, 1.807) is 7.11 Å². The van der Waals surface area contributed by atoms with Gasteiger partial charge >= 0.3 is 12.1 Å². The van der Waals surface area contributed by atoms with Crippen LogP contribution in [0.15, 0.2) is 48.5 Å². The van der Waals surface area contributed by atoms with Crippen molar-refractivity contribution in [3.8, 4) is 11.1 Å². The quantitative estimate of drug-likeness (QED) is 0.395. The number of rotatable bonds is 12. The average molecular weight is 483 g/mol. The Kier molecular flexibility index (Phi) is 9.25. The zero-order chi connectivity index (χ0) is 25.4. The molecule has 0 aromatic heterocycles. The van der Waals surface area contributed by atoms with Gasteiger partial charge in [0.2, 0.25) is 5.91 Å². The molecule has 2 atom stereocenters. The first kappa shape index (κ1) is 26.2. The third kappa shape index (κ3) is 6.82. The maximum atomic E-state index is 12.9. The van der Waals surface area contributed by atoms with Crippen molar-refractivity contribution in [3.63, 3.8) is 0 Å². The summed E-state index contributed by atoms with van der Waals surface area (Å²) in [4.78, 5) is 37.2. The monoisotopic (exact) mass is 482 g/mol. The van der Waals surface area contributed by atoms with E-state index >= 15 is 0 Å². The second kappa shape index (κ2) is 12.4. The number of hydrogen-bond donors (Lipinski definition) is 3. The fraction of sp³-hybridized carbons (Fsp3) is 0.444. The fourth-order valence-electron chi connectivity index (χ4n) is 4.45. The second-order valence-corrected chi connectivity index (χ2v) is 9.19. The van der Waals surface area contributed by atoms with E-state index in [1.807, 2.05) is 50.2 Å². The lowest BCUT2D eigenvalue weighted by molar-refractivity contribution is -0.142. The summed E-state index contributed by atoms with van der Waals surface area (Å²) in [6.07, 6.45) is 0.370. The molecule has 188 valence electrons. The van der Waals surface area contributed by atoms with Crippen molar-refractivity contribution in [3.05, 3.63) is 59.7 Å². The summed E-state index contributed by atoms with van der Waals surface area (Å²) in [5.41, 5.74) is 4.43. The highest BCUT2D eigenvalue weighted by Crippen LogP contribution is 2.44. The van der Waals surface area contributed by atoms with Crippen LogP contribution in [0.2, 0.25) is 0 Å². The van der Waals surface area contributed by atoms with E-state index in [9.17, 15) is 19.5 Å². The Morgan fingerprint density at radius 2 is 1.54 bits per heavy atom. The molecule has 1 aliphatic rings. The summed E-state index contributed by atoms with van der Waals surface area (Å²) in [6.45, 7) is 4.29. The van der Waals surface area contributed by atoms with Crippen molar-refractivity contribution < 1.29 is 29.0 Å². The molecular weight excluding hydrogens is 448 g/mol. The highest BCUT2D eigenvalue weighted by molar-refractivity contribution is 5.89. The number of nitrogens with one attached hydrogen (secondary N) is 2. The zero-order valence-corrected chi connectivity index (χ0v) is 20.5. The summed E-state index contributed by atoms with van der Waals surface area (Å²) in [5, 5.41) is 14.6. The molecule has 2 aromatic carbocycles. The zero-order valence-electron chi connectivity index (χ0n) is 20.5. The van der Waals surface area contributed by atoms with Crippen molar-refractivity contribution in [1.29, 1.82) is 0 Å².